The lowest BCUT2D eigenvalue weighted by molar-refractivity contribution is -0.119. The van der Waals surface area contributed by atoms with Gasteiger partial charge in [0, 0.05) is 12.1 Å². The number of imide groups is 1. The molecule has 3 aromatic carbocycles. The van der Waals surface area contributed by atoms with E-state index in [1.54, 1.807) is 43.3 Å². The molecule has 0 saturated carbocycles. The van der Waals surface area contributed by atoms with Gasteiger partial charge in [-0.2, -0.15) is 0 Å². The van der Waals surface area contributed by atoms with Crippen LogP contribution in [-0.2, 0) is 16.0 Å². The second kappa shape index (κ2) is 10.3. The Morgan fingerprint density at radius 3 is 2.03 bits per heavy atom. The molecule has 1 aliphatic heterocycles. The van der Waals surface area contributed by atoms with Crippen LogP contribution in [0.1, 0.15) is 43.6 Å². The number of carbonyl (C=O) groups excluding carboxylic acids is 4. The molecule has 0 spiro atoms. The Balaban J connectivity index is 1.63. The van der Waals surface area contributed by atoms with Crippen molar-refractivity contribution in [3.8, 4) is 0 Å². The number of ether oxygens (including phenoxy) is 1. The average molecular weight is 511 g/mol. The second-order valence-electron chi connectivity index (χ2n) is 7.78. The highest BCUT2D eigenvalue weighted by molar-refractivity contribution is 6.43. The molecule has 1 atom stereocenters. The van der Waals surface area contributed by atoms with Crippen LogP contribution in [0.3, 0.4) is 0 Å². The molecular weight excluding hydrogens is 491 g/mol. The lowest BCUT2D eigenvalue weighted by Gasteiger charge is -2.25. The van der Waals surface area contributed by atoms with Crippen LogP contribution in [0.5, 0.6) is 0 Å². The van der Waals surface area contributed by atoms with Crippen molar-refractivity contribution in [2.45, 2.75) is 19.4 Å². The summed E-state index contributed by atoms with van der Waals surface area (Å²) in [7, 11) is 0. The van der Waals surface area contributed by atoms with Crippen molar-refractivity contribution in [3.63, 3.8) is 0 Å². The number of benzene rings is 3. The Bertz CT molecular complexity index is 1270. The highest BCUT2D eigenvalue weighted by atomic mass is 35.5. The maximum absolute atomic E-state index is 13.4. The number of amides is 3. The van der Waals surface area contributed by atoms with Crippen molar-refractivity contribution in [2.24, 2.45) is 0 Å². The zero-order valence-electron chi connectivity index (χ0n) is 18.6. The van der Waals surface area contributed by atoms with E-state index in [4.69, 9.17) is 27.9 Å². The number of hydrogen-bond donors (Lipinski definition) is 1. The molecule has 0 radical (unpaired) electrons. The minimum Gasteiger partial charge on any atom is -0.462 e. The number of carbonyl (C=O) groups is 4. The molecule has 178 valence electrons. The molecule has 0 saturated heterocycles. The molecule has 0 aliphatic carbocycles. The minimum atomic E-state index is -1.15. The summed E-state index contributed by atoms with van der Waals surface area (Å²) >= 11 is 12.1. The Hall–Kier alpha value is -3.68. The SMILES string of the molecule is CCOC(=O)c1ccc(NC(=O)[C@@H](Cc2ccccc2)N2C(=O)c3cc(Cl)c(Cl)cc3C2=O)cc1. The number of fused-ring (bicyclic) bond motifs is 1. The van der Waals surface area contributed by atoms with E-state index in [2.05, 4.69) is 5.32 Å². The third-order valence-electron chi connectivity index (χ3n) is 5.51. The number of halogens is 2. The van der Waals surface area contributed by atoms with E-state index in [0.717, 1.165) is 10.5 Å². The van der Waals surface area contributed by atoms with E-state index in [9.17, 15) is 19.2 Å². The zero-order valence-corrected chi connectivity index (χ0v) is 20.1. The van der Waals surface area contributed by atoms with Crippen LogP contribution in [0.2, 0.25) is 10.0 Å². The summed E-state index contributed by atoms with van der Waals surface area (Å²) in [5.41, 5.74) is 1.67. The molecule has 9 heteroatoms. The first-order chi connectivity index (χ1) is 16.8. The molecule has 1 heterocycles. The third kappa shape index (κ3) is 5.06. The van der Waals surface area contributed by atoms with Crippen molar-refractivity contribution in [1.29, 1.82) is 0 Å². The molecule has 35 heavy (non-hydrogen) atoms. The van der Waals surface area contributed by atoms with Gasteiger partial charge in [0.2, 0.25) is 5.91 Å². The Morgan fingerprint density at radius 2 is 1.49 bits per heavy atom. The summed E-state index contributed by atoms with van der Waals surface area (Å²) in [6.45, 7) is 1.95. The maximum atomic E-state index is 13.4. The molecule has 4 rings (SSSR count). The quantitative estimate of drug-likeness (QED) is 0.356. The van der Waals surface area contributed by atoms with Gasteiger partial charge in [-0.1, -0.05) is 53.5 Å². The van der Waals surface area contributed by atoms with Crippen LogP contribution in [0.25, 0.3) is 0 Å². The predicted octanol–water partition coefficient (Wildman–Crippen LogP) is 5.02. The van der Waals surface area contributed by atoms with E-state index in [1.807, 2.05) is 6.07 Å². The van der Waals surface area contributed by atoms with Gasteiger partial charge >= 0.3 is 5.97 Å². The Labute approximate surface area is 211 Å². The number of nitrogens with zero attached hydrogens (tertiary/aromatic N) is 1. The van der Waals surface area contributed by atoms with Crippen LogP contribution in [0.4, 0.5) is 5.69 Å². The van der Waals surface area contributed by atoms with E-state index in [1.165, 1.54) is 24.3 Å². The van der Waals surface area contributed by atoms with Crippen molar-refractivity contribution in [1.82, 2.24) is 4.90 Å². The van der Waals surface area contributed by atoms with Crippen molar-refractivity contribution < 1.29 is 23.9 Å². The first kappa shape index (κ1) is 24.4. The van der Waals surface area contributed by atoms with Gasteiger partial charge in [-0.05, 0) is 48.9 Å². The summed E-state index contributed by atoms with van der Waals surface area (Å²) in [5.74, 6) is -2.30. The van der Waals surface area contributed by atoms with Crippen LogP contribution in [0, 0.1) is 0 Å². The third-order valence-corrected chi connectivity index (χ3v) is 6.23. The fourth-order valence-electron chi connectivity index (χ4n) is 3.80. The summed E-state index contributed by atoms with van der Waals surface area (Å²) in [6, 6.07) is 16.7. The lowest BCUT2D eigenvalue weighted by atomic mass is 10.0. The fraction of sp³-hybridized carbons (Fsp3) is 0.154. The molecule has 0 aromatic heterocycles. The maximum Gasteiger partial charge on any atom is 0.338 e. The van der Waals surface area contributed by atoms with E-state index >= 15 is 0 Å². The zero-order chi connectivity index (χ0) is 25.1. The number of rotatable bonds is 7. The average Bonchev–Trinajstić information content (AvgIpc) is 3.08. The van der Waals surface area contributed by atoms with Crippen molar-refractivity contribution >= 4 is 52.6 Å². The van der Waals surface area contributed by atoms with Gasteiger partial charge in [0.1, 0.15) is 6.04 Å². The summed E-state index contributed by atoms with van der Waals surface area (Å²) in [4.78, 5) is 52.6. The van der Waals surface area contributed by atoms with Crippen LogP contribution in [-0.4, -0.2) is 41.2 Å². The second-order valence-corrected chi connectivity index (χ2v) is 8.60. The summed E-state index contributed by atoms with van der Waals surface area (Å²) < 4.78 is 4.97. The Kier molecular flexibility index (Phi) is 7.19. The monoisotopic (exact) mass is 510 g/mol. The smallest absolute Gasteiger partial charge is 0.338 e. The molecule has 0 bridgehead atoms. The van der Waals surface area contributed by atoms with Gasteiger partial charge in [0.15, 0.2) is 0 Å². The predicted molar refractivity (Wildman–Crippen MR) is 132 cm³/mol. The van der Waals surface area contributed by atoms with Gasteiger partial charge in [0.05, 0.1) is 33.3 Å². The first-order valence-corrected chi connectivity index (χ1v) is 11.5. The topological polar surface area (TPSA) is 92.8 Å². The lowest BCUT2D eigenvalue weighted by Crippen LogP contribution is -2.48. The van der Waals surface area contributed by atoms with Crippen molar-refractivity contribution in [3.05, 3.63) is 99.0 Å². The van der Waals surface area contributed by atoms with E-state index in [0.29, 0.717) is 11.3 Å². The number of nitrogens with one attached hydrogen (secondary N) is 1. The molecule has 1 N–H and O–H groups in total. The van der Waals surface area contributed by atoms with Crippen molar-refractivity contribution in [2.75, 3.05) is 11.9 Å². The summed E-state index contributed by atoms with van der Waals surface area (Å²) in [5, 5.41) is 3.01. The minimum absolute atomic E-state index is 0.0917. The normalized spacial score (nSPS) is 13.4. The molecule has 3 aromatic rings. The van der Waals surface area contributed by atoms with E-state index in [-0.39, 0.29) is 34.2 Å². The molecule has 1 aliphatic rings. The highest BCUT2D eigenvalue weighted by Gasteiger charge is 2.43. The number of esters is 1. The van der Waals surface area contributed by atoms with E-state index < -0.39 is 29.7 Å². The van der Waals surface area contributed by atoms with Crippen LogP contribution < -0.4 is 5.32 Å². The highest BCUT2D eigenvalue weighted by Crippen LogP contribution is 2.33. The van der Waals surface area contributed by atoms with Gasteiger partial charge in [-0.25, -0.2) is 4.79 Å². The molecule has 7 nitrogen and oxygen atoms in total. The standard InChI is InChI=1S/C26H20Cl2N2O5/c1-2-35-26(34)16-8-10-17(11-9-16)29-23(31)22(12-15-6-4-3-5-7-15)30-24(32)18-13-20(27)21(28)14-19(18)25(30)33/h3-11,13-14,22H,2,12H2,1H3,(H,29,31)/t22-/m1/s1. The Morgan fingerprint density at radius 1 is 0.914 bits per heavy atom. The molecule has 0 unspecified atom stereocenters. The molecule has 0 fully saturated rings. The van der Waals surface area contributed by atoms with Crippen LogP contribution >= 0.6 is 23.2 Å². The molecule has 3 amide bonds. The largest absolute Gasteiger partial charge is 0.462 e. The number of anilines is 1. The fourth-order valence-corrected chi connectivity index (χ4v) is 4.13. The van der Waals surface area contributed by atoms with Gasteiger partial charge in [0.25, 0.3) is 11.8 Å². The first-order valence-electron chi connectivity index (χ1n) is 10.8. The molecular formula is C26H20Cl2N2O5. The number of hydrogen-bond acceptors (Lipinski definition) is 5. The van der Waals surface area contributed by atoms with Gasteiger partial charge in [-0.3, -0.25) is 19.3 Å². The van der Waals surface area contributed by atoms with Gasteiger partial charge in [-0.15, -0.1) is 0 Å². The van der Waals surface area contributed by atoms with Crippen LogP contribution in [0.15, 0.2) is 66.7 Å². The summed E-state index contributed by atoms with van der Waals surface area (Å²) in [6.07, 6.45) is 0.0977. The van der Waals surface area contributed by atoms with Gasteiger partial charge < -0.3 is 10.1 Å².